The number of carbonyl (C=O) groups is 2. The fourth-order valence-corrected chi connectivity index (χ4v) is 2.98. The van der Waals surface area contributed by atoms with Crippen molar-refractivity contribution in [3.8, 4) is 0 Å². The molecule has 0 fully saturated rings. The average molecular weight is 339 g/mol. The number of aryl methyl sites for hydroxylation is 1. The van der Waals surface area contributed by atoms with E-state index in [1.807, 2.05) is 30.3 Å². The van der Waals surface area contributed by atoms with Crippen LogP contribution in [0.4, 0.5) is 0 Å². The molecule has 1 aliphatic rings. The number of carbonyl (C=O) groups excluding carboxylic acids is 2. The number of nitrogens with one attached hydrogen (secondary N) is 1. The van der Waals surface area contributed by atoms with Crippen LogP contribution >= 0.6 is 0 Å². The molecule has 130 valence electrons. The third-order valence-electron chi connectivity index (χ3n) is 4.20. The van der Waals surface area contributed by atoms with E-state index in [-0.39, 0.29) is 24.3 Å². The number of nitrogens with zero attached hydrogens (tertiary/aromatic N) is 4. The van der Waals surface area contributed by atoms with Gasteiger partial charge in [-0.15, -0.1) is 0 Å². The number of rotatable bonds is 6. The number of benzene rings is 1. The van der Waals surface area contributed by atoms with E-state index in [4.69, 9.17) is 0 Å². The molecule has 1 aromatic heterocycles. The summed E-state index contributed by atoms with van der Waals surface area (Å²) >= 11 is 0. The van der Waals surface area contributed by atoms with E-state index in [0.717, 1.165) is 17.5 Å². The van der Waals surface area contributed by atoms with Gasteiger partial charge in [0.1, 0.15) is 12.7 Å². The number of amides is 2. The highest BCUT2D eigenvalue weighted by molar-refractivity contribution is 5.81. The summed E-state index contributed by atoms with van der Waals surface area (Å²) in [5.74, 6) is -0.144. The Labute approximate surface area is 146 Å². The van der Waals surface area contributed by atoms with Crippen LogP contribution in [0.3, 0.4) is 0 Å². The van der Waals surface area contributed by atoms with Gasteiger partial charge in [-0.3, -0.25) is 14.3 Å². The molecule has 0 bridgehead atoms. The average Bonchev–Trinajstić information content (AvgIpc) is 3.12. The molecule has 2 amide bonds. The third-order valence-corrected chi connectivity index (χ3v) is 4.20. The van der Waals surface area contributed by atoms with E-state index in [1.165, 1.54) is 13.3 Å². The third kappa shape index (κ3) is 4.12. The van der Waals surface area contributed by atoms with Gasteiger partial charge in [0.15, 0.2) is 0 Å². The highest BCUT2D eigenvalue weighted by Crippen LogP contribution is 2.32. The van der Waals surface area contributed by atoms with E-state index < -0.39 is 0 Å². The highest BCUT2D eigenvalue weighted by Gasteiger charge is 2.27. The van der Waals surface area contributed by atoms with Crippen LogP contribution in [0, 0.1) is 0 Å². The maximum Gasteiger partial charge on any atom is 0.223 e. The second kappa shape index (κ2) is 7.74. The molecule has 2 heterocycles. The molecule has 0 spiro atoms. The fourth-order valence-electron chi connectivity index (χ4n) is 2.98. The SMILES string of the molecule is CC(=O)N1C=Cc2ccccc2[C@@H]1CC(=O)NCCCn1cncn1. The normalized spacial score (nSPS) is 15.7. The summed E-state index contributed by atoms with van der Waals surface area (Å²) in [6.07, 6.45) is 7.81. The summed E-state index contributed by atoms with van der Waals surface area (Å²) in [7, 11) is 0. The van der Waals surface area contributed by atoms with Crippen molar-refractivity contribution in [2.75, 3.05) is 6.54 Å². The zero-order chi connectivity index (χ0) is 17.6. The molecular formula is C18H21N5O2. The molecule has 0 radical (unpaired) electrons. The standard InChI is InChI=1S/C18H21N5O2/c1-14(24)23-10-7-15-5-2-3-6-16(15)17(23)11-18(25)20-8-4-9-22-13-19-12-21-22/h2-3,5-7,10,12-13,17H,4,8-9,11H2,1H3,(H,20,25)/t17-/m0/s1. The van der Waals surface area contributed by atoms with Crippen molar-refractivity contribution in [2.24, 2.45) is 0 Å². The molecule has 0 unspecified atom stereocenters. The van der Waals surface area contributed by atoms with Crippen molar-refractivity contribution >= 4 is 17.9 Å². The predicted molar refractivity (Wildman–Crippen MR) is 93.0 cm³/mol. The van der Waals surface area contributed by atoms with Gasteiger partial charge in [0.25, 0.3) is 0 Å². The maximum absolute atomic E-state index is 12.3. The topological polar surface area (TPSA) is 80.1 Å². The maximum atomic E-state index is 12.3. The minimum absolute atomic E-state index is 0.0695. The van der Waals surface area contributed by atoms with Crippen LogP contribution in [0.5, 0.6) is 0 Å². The van der Waals surface area contributed by atoms with Gasteiger partial charge in [-0.05, 0) is 23.6 Å². The van der Waals surface area contributed by atoms with Gasteiger partial charge in [-0.1, -0.05) is 24.3 Å². The first-order valence-corrected chi connectivity index (χ1v) is 8.30. The Morgan fingerprint density at radius 3 is 2.88 bits per heavy atom. The molecule has 3 rings (SSSR count). The Kier molecular flexibility index (Phi) is 5.23. The molecule has 7 nitrogen and oxygen atoms in total. The fraction of sp³-hybridized carbons (Fsp3) is 0.333. The quantitative estimate of drug-likeness (QED) is 0.813. The van der Waals surface area contributed by atoms with Crippen LogP contribution in [0.25, 0.3) is 6.08 Å². The zero-order valence-electron chi connectivity index (χ0n) is 14.1. The summed E-state index contributed by atoms with van der Waals surface area (Å²) in [6, 6.07) is 7.57. The lowest BCUT2D eigenvalue weighted by Gasteiger charge is -2.32. The molecular weight excluding hydrogens is 318 g/mol. The predicted octanol–water partition coefficient (Wildman–Crippen LogP) is 1.75. The minimum atomic E-state index is -0.269. The smallest absolute Gasteiger partial charge is 0.223 e. The zero-order valence-corrected chi connectivity index (χ0v) is 14.1. The summed E-state index contributed by atoms with van der Waals surface area (Å²) in [6.45, 7) is 2.78. The van der Waals surface area contributed by atoms with Gasteiger partial charge >= 0.3 is 0 Å². The number of fused-ring (bicyclic) bond motifs is 1. The molecule has 1 aromatic carbocycles. The van der Waals surface area contributed by atoms with E-state index in [2.05, 4.69) is 15.4 Å². The van der Waals surface area contributed by atoms with E-state index in [0.29, 0.717) is 13.1 Å². The van der Waals surface area contributed by atoms with Crippen molar-refractivity contribution in [1.29, 1.82) is 0 Å². The summed E-state index contributed by atoms with van der Waals surface area (Å²) in [5.41, 5.74) is 2.04. The second-order valence-corrected chi connectivity index (χ2v) is 5.95. The van der Waals surface area contributed by atoms with Crippen LogP contribution in [0.1, 0.15) is 36.9 Å². The Balaban J connectivity index is 1.58. The monoisotopic (exact) mass is 339 g/mol. The van der Waals surface area contributed by atoms with Crippen molar-refractivity contribution in [3.05, 3.63) is 54.2 Å². The molecule has 0 aliphatic carbocycles. The van der Waals surface area contributed by atoms with Crippen LogP contribution in [-0.2, 0) is 16.1 Å². The van der Waals surface area contributed by atoms with Crippen molar-refractivity contribution < 1.29 is 9.59 Å². The lowest BCUT2D eigenvalue weighted by Crippen LogP contribution is -2.35. The molecule has 2 aromatic rings. The van der Waals surface area contributed by atoms with E-state index in [1.54, 1.807) is 22.1 Å². The van der Waals surface area contributed by atoms with Gasteiger partial charge in [-0.25, -0.2) is 4.98 Å². The number of hydrogen-bond donors (Lipinski definition) is 1. The van der Waals surface area contributed by atoms with Crippen molar-refractivity contribution in [3.63, 3.8) is 0 Å². The van der Waals surface area contributed by atoms with Gasteiger partial charge in [0.2, 0.25) is 11.8 Å². The first-order chi connectivity index (χ1) is 12.1. The Hall–Kier alpha value is -2.96. The molecule has 7 heteroatoms. The minimum Gasteiger partial charge on any atom is -0.356 e. The lowest BCUT2D eigenvalue weighted by atomic mass is 9.93. The lowest BCUT2D eigenvalue weighted by molar-refractivity contribution is -0.129. The summed E-state index contributed by atoms with van der Waals surface area (Å²) in [5, 5.41) is 6.94. The Morgan fingerprint density at radius 1 is 1.28 bits per heavy atom. The molecule has 0 saturated carbocycles. The van der Waals surface area contributed by atoms with Crippen LogP contribution in [0.15, 0.2) is 43.1 Å². The molecule has 0 saturated heterocycles. The van der Waals surface area contributed by atoms with Gasteiger partial charge < -0.3 is 10.2 Å². The van der Waals surface area contributed by atoms with Gasteiger partial charge in [0, 0.05) is 26.2 Å². The van der Waals surface area contributed by atoms with Gasteiger partial charge in [0.05, 0.1) is 12.5 Å². The molecule has 1 atom stereocenters. The Morgan fingerprint density at radius 2 is 2.12 bits per heavy atom. The van der Waals surface area contributed by atoms with E-state index >= 15 is 0 Å². The molecule has 25 heavy (non-hydrogen) atoms. The van der Waals surface area contributed by atoms with Crippen molar-refractivity contribution in [2.45, 2.75) is 32.4 Å². The highest BCUT2D eigenvalue weighted by atomic mass is 16.2. The largest absolute Gasteiger partial charge is 0.356 e. The second-order valence-electron chi connectivity index (χ2n) is 5.95. The molecule has 1 N–H and O–H groups in total. The first-order valence-electron chi connectivity index (χ1n) is 8.30. The number of hydrogen-bond acceptors (Lipinski definition) is 4. The van der Waals surface area contributed by atoms with E-state index in [9.17, 15) is 9.59 Å². The van der Waals surface area contributed by atoms with Crippen LogP contribution in [-0.4, -0.2) is 38.0 Å². The number of aromatic nitrogens is 3. The molecule has 1 aliphatic heterocycles. The van der Waals surface area contributed by atoms with Crippen LogP contribution < -0.4 is 5.32 Å². The first kappa shape index (κ1) is 16.9. The van der Waals surface area contributed by atoms with Crippen LogP contribution in [0.2, 0.25) is 0 Å². The summed E-state index contributed by atoms with van der Waals surface area (Å²) in [4.78, 5) is 29.8. The Bertz CT molecular complexity index is 770. The summed E-state index contributed by atoms with van der Waals surface area (Å²) < 4.78 is 1.73. The van der Waals surface area contributed by atoms with Gasteiger partial charge in [-0.2, -0.15) is 5.10 Å². The van der Waals surface area contributed by atoms with Crippen molar-refractivity contribution in [1.82, 2.24) is 25.0 Å².